The minimum atomic E-state index is -0.432. The fourth-order valence-corrected chi connectivity index (χ4v) is 4.62. The molecule has 2 aromatic heterocycles. The van der Waals surface area contributed by atoms with Crippen LogP contribution in [-0.2, 0) is 0 Å². The minimum Gasteiger partial charge on any atom is -0.459 e. The van der Waals surface area contributed by atoms with E-state index in [-0.39, 0.29) is 23.3 Å². The van der Waals surface area contributed by atoms with Gasteiger partial charge in [0.2, 0.25) is 0 Å². The Morgan fingerprint density at radius 3 is 1.35 bits per heavy atom. The Bertz CT molecular complexity index is 1690. The number of hydrogen-bond acceptors (Lipinski definition) is 6. The monoisotopic (exact) mass is 576 g/mol. The lowest BCUT2D eigenvalue weighted by molar-refractivity contribution is 0.0989. The third kappa shape index (κ3) is 6.54. The number of hydrogen-bond donors (Lipinski definition) is 4. The quantitative estimate of drug-likeness (QED) is 0.160. The first kappa shape index (κ1) is 28.6. The summed E-state index contributed by atoms with van der Waals surface area (Å²) in [6, 6.07) is 21.3. The van der Waals surface area contributed by atoms with Gasteiger partial charge in [-0.05, 0) is 98.1 Å². The molecule has 0 fully saturated rings. The van der Waals surface area contributed by atoms with Crippen molar-refractivity contribution in [2.45, 2.75) is 20.8 Å². The van der Waals surface area contributed by atoms with Crippen LogP contribution in [0.3, 0.4) is 0 Å². The van der Waals surface area contributed by atoms with Crippen LogP contribution in [0.15, 0.2) is 100 Å². The van der Waals surface area contributed by atoms with Gasteiger partial charge in [-0.15, -0.1) is 0 Å². The summed E-state index contributed by atoms with van der Waals surface area (Å²) in [6.45, 7) is 5.55. The maximum absolute atomic E-state index is 13.3. The molecule has 2 heterocycles. The molecule has 0 spiro atoms. The summed E-state index contributed by atoms with van der Waals surface area (Å²) >= 11 is 0. The third-order valence-corrected chi connectivity index (χ3v) is 6.70. The van der Waals surface area contributed by atoms with Crippen molar-refractivity contribution in [3.05, 3.63) is 131 Å². The van der Waals surface area contributed by atoms with Gasteiger partial charge in [0.15, 0.2) is 11.5 Å². The Morgan fingerprint density at radius 1 is 0.512 bits per heavy atom. The topological polar surface area (TPSA) is 143 Å². The van der Waals surface area contributed by atoms with Gasteiger partial charge in [0.1, 0.15) is 0 Å². The number of amides is 4. The van der Waals surface area contributed by atoms with Crippen LogP contribution in [0.5, 0.6) is 0 Å². The standard InChI is InChI=1S/C33H28N4O6/c1-19-16-20(2)29(37-31(39)23-9-5-11-25(18-23)35-33(41)27-13-7-15-43-27)21(3)28(19)36-30(38)22-8-4-10-24(17-22)34-32(40)26-12-6-14-42-26/h4-18H,1-3H3,(H,34,40)(H,35,41)(H,36,38)(H,37,39). The van der Waals surface area contributed by atoms with Crippen molar-refractivity contribution in [3.63, 3.8) is 0 Å². The summed E-state index contributed by atoms with van der Waals surface area (Å²) < 4.78 is 10.2. The first-order valence-electron chi connectivity index (χ1n) is 13.3. The van der Waals surface area contributed by atoms with Gasteiger partial charge in [0.25, 0.3) is 23.6 Å². The molecule has 5 aromatic rings. The van der Waals surface area contributed by atoms with Crippen LogP contribution in [0.25, 0.3) is 0 Å². The number of nitrogens with one attached hydrogen (secondary N) is 4. The number of benzene rings is 3. The lowest BCUT2D eigenvalue weighted by atomic mass is 10.0. The summed E-state index contributed by atoms with van der Waals surface area (Å²) in [7, 11) is 0. The van der Waals surface area contributed by atoms with E-state index in [1.54, 1.807) is 72.8 Å². The van der Waals surface area contributed by atoms with E-state index < -0.39 is 11.8 Å². The second kappa shape index (κ2) is 12.3. The smallest absolute Gasteiger partial charge is 0.291 e. The van der Waals surface area contributed by atoms with Gasteiger partial charge in [0.05, 0.1) is 12.5 Å². The molecule has 0 bridgehead atoms. The molecule has 0 saturated heterocycles. The van der Waals surface area contributed by atoms with Gasteiger partial charge >= 0.3 is 0 Å². The summed E-state index contributed by atoms with van der Waals surface area (Å²) in [4.78, 5) is 51.2. The molecule has 0 saturated carbocycles. The van der Waals surface area contributed by atoms with Crippen LogP contribution >= 0.6 is 0 Å². The average molecular weight is 577 g/mol. The number of carbonyl (C=O) groups is 4. The molecule has 0 radical (unpaired) electrons. The largest absolute Gasteiger partial charge is 0.459 e. The van der Waals surface area contributed by atoms with Crippen LogP contribution in [0.1, 0.15) is 58.5 Å². The molecule has 0 aliphatic carbocycles. The number of anilines is 4. The molecule has 0 aliphatic heterocycles. The molecule has 0 unspecified atom stereocenters. The van der Waals surface area contributed by atoms with Crippen LogP contribution in [-0.4, -0.2) is 23.6 Å². The highest BCUT2D eigenvalue weighted by atomic mass is 16.3. The first-order chi connectivity index (χ1) is 20.7. The predicted molar refractivity (Wildman–Crippen MR) is 163 cm³/mol. The van der Waals surface area contributed by atoms with E-state index >= 15 is 0 Å². The molecular weight excluding hydrogens is 548 g/mol. The van der Waals surface area contributed by atoms with Crippen molar-refractivity contribution >= 4 is 46.4 Å². The van der Waals surface area contributed by atoms with Crippen LogP contribution in [0, 0.1) is 20.8 Å². The Balaban J connectivity index is 1.32. The maximum atomic E-state index is 13.3. The van der Waals surface area contributed by atoms with Gasteiger partial charge in [-0.25, -0.2) is 0 Å². The molecule has 4 amide bonds. The summed E-state index contributed by atoms with van der Waals surface area (Å²) in [5.41, 5.74) is 4.92. The molecule has 5 rings (SSSR count). The zero-order valence-corrected chi connectivity index (χ0v) is 23.6. The number of carbonyl (C=O) groups excluding carboxylic acids is 4. The van der Waals surface area contributed by atoms with E-state index in [1.165, 1.54) is 12.5 Å². The summed E-state index contributed by atoms with van der Waals surface area (Å²) in [5.74, 6) is -1.33. The van der Waals surface area contributed by atoms with E-state index in [9.17, 15) is 19.2 Å². The molecule has 43 heavy (non-hydrogen) atoms. The Kier molecular flexibility index (Phi) is 8.20. The van der Waals surface area contributed by atoms with Crippen molar-refractivity contribution < 1.29 is 28.0 Å². The first-order valence-corrected chi connectivity index (χ1v) is 13.3. The zero-order valence-electron chi connectivity index (χ0n) is 23.6. The van der Waals surface area contributed by atoms with Crippen molar-refractivity contribution in [2.75, 3.05) is 21.3 Å². The maximum Gasteiger partial charge on any atom is 0.291 e. The molecule has 216 valence electrons. The highest BCUT2D eigenvalue weighted by Gasteiger charge is 2.18. The number of rotatable bonds is 8. The summed E-state index contributed by atoms with van der Waals surface area (Å²) in [6.07, 6.45) is 2.81. The summed E-state index contributed by atoms with van der Waals surface area (Å²) in [5, 5.41) is 11.3. The average Bonchev–Trinajstić information content (AvgIpc) is 3.73. The molecule has 4 N–H and O–H groups in total. The molecule has 3 aromatic carbocycles. The normalized spacial score (nSPS) is 10.6. The highest BCUT2D eigenvalue weighted by molar-refractivity contribution is 6.10. The Morgan fingerprint density at radius 2 is 0.953 bits per heavy atom. The number of furan rings is 2. The molecule has 10 heteroatoms. The predicted octanol–water partition coefficient (Wildman–Crippen LogP) is 6.81. The number of aryl methyl sites for hydroxylation is 2. The Hall–Kier alpha value is -5.90. The van der Waals surface area contributed by atoms with Crippen LogP contribution in [0.4, 0.5) is 22.7 Å². The Labute approximate surface area is 247 Å². The van der Waals surface area contributed by atoms with Gasteiger partial charge < -0.3 is 30.1 Å². The van der Waals surface area contributed by atoms with Crippen molar-refractivity contribution in [1.82, 2.24) is 0 Å². The molecule has 0 atom stereocenters. The lowest BCUT2D eigenvalue weighted by Crippen LogP contribution is -2.18. The van der Waals surface area contributed by atoms with Crippen molar-refractivity contribution in [2.24, 2.45) is 0 Å². The van der Waals surface area contributed by atoms with Gasteiger partial charge in [0, 0.05) is 33.9 Å². The van der Waals surface area contributed by atoms with E-state index in [2.05, 4.69) is 21.3 Å². The van der Waals surface area contributed by atoms with Crippen molar-refractivity contribution in [1.29, 1.82) is 0 Å². The van der Waals surface area contributed by atoms with Gasteiger partial charge in [-0.2, -0.15) is 0 Å². The van der Waals surface area contributed by atoms with Gasteiger partial charge in [-0.1, -0.05) is 18.2 Å². The van der Waals surface area contributed by atoms with E-state index in [0.717, 1.165) is 11.1 Å². The highest BCUT2D eigenvalue weighted by Crippen LogP contribution is 2.32. The molecule has 0 aliphatic rings. The lowest BCUT2D eigenvalue weighted by Gasteiger charge is -2.19. The molecule has 10 nitrogen and oxygen atoms in total. The molecular formula is C33H28N4O6. The van der Waals surface area contributed by atoms with Crippen LogP contribution in [0.2, 0.25) is 0 Å². The van der Waals surface area contributed by atoms with Gasteiger partial charge in [-0.3, -0.25) is 19.2 Å². The third-order valence-electron chi connectivity index (χ3n) is 6.70. The van der Waals surface area contributed by atoms with E-state index in [4.69, 9.17) is 8.83 Å². The SMILES string of the molecule is Cc1cc(C)c(NC(=O)c2cccc(NC(=O)c3ccco3)c2)c(C)c1NC(=O)c1cccc(NC(=O)c2ccco2)c1. The second-order valence-corrected chi connectivity index (χ2v) is 9.82. The van der Waals surface area contributed by atoms with E-state index in [0.29, 0.717) is 39.4 Å². The fraction of sp³-hybridized carbons (Fsp3) is 0.0909. The zero-order chi connectivity index (χ0) is 30.5. The second-order valence-electron chi connectivity index (χ2n) is 9.82. The van der Waals surface area contributed by atoms with Crippen LogP contribution < -0.4 is 21.3 Å². The minimum absolute atomic E-state index is 0.153. The van der Waals surface area contributed by atoms with Crippen molar-refractivity contribution in [3.8, 4) is 0 Å². The van der Waals surface area contributed by atoms with E-state index in [1.807, 2.05) is 26.8 Å². The fourth-order valence-electron chi connectivity index (χ4n) is 4.62.